The number of carbonyl (C=O) groups excluding carboxylic acids is 2. The van der Waals surface area contributed by atoms with Crippen molar-refractivity contribution in [2.45, 2.75) is 51.4 Å². The monoisotopic (exact) mass is 426 g/mol. The summed E-state index contributed by atoms with van der Waals surface area (Å²) in [6.45, 7) is 8.05. The molecule has 1 aromatic carbocycles. The van der Waals surface area contributed by atoms with E-state index in [1.54, 1.807) is 18.4 Å². The van der Waals surface area contributed by atoms with Crippen LogP contribution < -0.4 is 5.32 Å². The highest BCUT2D eigenvalue weighted by Crippen LogP contribution is 2.24. The lowest BCUT2D eigenvalue weighted by molar-refractivity contribution is -0.119. The van der Waals surface area contributed by atoms with E-state index in [1.165, 1.54) is 18.7 Å². The van der Waals surface area contributed by atoms with Gasteiger partial charge in [-0.15, -0.1) is 10.2 Å². The van der Waals surface area contributed by atoms with Gasteiger partial charge >= 0.3 is 0 Å². The van der Waals surface area contributed by atoms with Gasteiger partial charge in [0, 0.05) is 18.4 Å². The molecule has 1 atom stereocenters. The summed E-state index contributed by atoms with van der Waals surface area (Å²) in [6.07, 6.45) is 1.64. The van der Waals surface area contributed by atoms with E-state index in [4.69, 9.17) is 4.42 Å². The Morgan fingerprint density at radius 1 is 1.13 bits per heavy atom. The summed E-state index contributed by atoms with van der Waals surface area (Å²) >= 11 is 1.37. The van der Waals surface area contributed by atoms with E-state index in [2.05, 4.69) is 29.4 Å². The van der Waals surface area contributed by atoms with Crippen molar-refractivity contribution >= 4 is 23.5 Å². The van der Waals surface area contributed by atoms with Crippen LogP contribution in [0.4, 0.5) is 0 Å². The standard InChI is InChI=1S/C22H26N4O3S/c1-14(2)21-24-25-22(26(21)12-19-6-5-11-29-19)30-13-20(28)18-9-7-17(8-10-18)15(3)23-16(4)27/h5-11,14-15H,12-13H2,1-4H3,(H,23,27). The molecule has 7 nitrogen and oxygen atoms in total. The summed E-state index contributed by atoms with van der Waals surface area (Å²) in [5, 5.41) is 12.1. The van der Waals surface area contributed by atoms with Crippen LogP contribution in [0, 0.1) is 0 Å². The van der Waals surface area contributed by atoms with E-state index in [-0.39, 0.29) is 29.4 Å². The minimum atomic E-state index is -0.101. The average molecular weight is 427 g/mol. The van der Waals surface area contributed by atoms with Crippen LogP contribution in [0.2, 0.25) is 0 Å². The van der Waals surface area contributed by atoms with E-state index < -0.39 is 0 Å². The number of amides is 1. The number of hydrogen-bond acceptors (Lipinski definition) is 6. The smallest absolute Gasteiger partial charge is 0.217 e. The Morgan fingerprint density at radius 2 is 1.87 bits per heavy atom. The number of nitrogens with zero attached hydrogens (tertiary/aromatic N) is 3. The second-order valence-corrected chi connectivity index (χ2v) is 8.36. The average Bonchev–Trinajstić information content (AvgIpc) is 3.36. The van der Waals surface area contributed by atoms with E-state index in [9.17, 15) is 9.59 Å². The second kappa shape index (κ2) is 9.75. The number of nitrogens with one attached hydrogen (secondary N) is 1. The Bertz CT molecular complexity index is 994. The topological polar surface area (TPSA) is 90.0 Å². The number of benzene rings is 1. The van der Waals surface area contributed by atoms with Crippen LogP contribution in [0.5, 0.6) is 0 Å². The van der Waals surface area contributed by atoms with Crippen molar-refractivity contribution in [2.75, 3.05) is 5.75 Å². The molecule has 1 amide bonds. The zero-order chi connectivity index (χ0) is 21.7. The molecule has 8 heteroatoms. The third kappa shape index (κ3) is 5.38. The van der Waals surface area contributed by atoms with Crippen molar-refractivity contribution in [1.82, 2.24) is 20.1 Å². The van der Waals surface area contributed by atoms with E-state index in [0.717, 1.165) is 17.1 Å². The fourth-order valence-electron chi connectivity index (χ4n) is 3.10. The number of hydrogen-bond donors (Lipinski definition) is 1. The zero-order valence-corrected chi connectivity index (χ0v) is 18.4. The highest BCUT2D eigenvalue weighted by atomic mass is 32.2. The highest BCUT2D eigenvalue weighted by Gasteiger charge is 2.18. The van der Waals surface area contributed by atoms with Gasteiger partial charge in [-0.3, -0.25) is 14.2 Å². The molecule has 0 aliphatic heterocycles. The first-order valence-electron chi connectivity index (χ1n) is 9.83. The van der Waals surface area contributed by atoms with Crippen LogP contribution in [-0.4, -0.2) is 32.2 Å². The van der Waals surface area contributed by atoms with Gasteiger partial charge in [0.05, 0.1) is 24.6 Å². The third-order valence-electron chi connectivity index (χ3n) is 4.64. The predicted octanol–water partition coefficient (Wildman–Crippen LogP) is 4.21. The van der Waals surface area contributed by atoms with Crippen LogP contribution in [0.25, 0.3) is 0 Å². The summed E-state index contributed by atoms with van der Waals surface area (Å²) in [4.78, 5) is 23.9. The lowest BCUT2D eigenvalue weighted by Gasteiger charge is -2.13. The van der Waals surface area contributed by atoms with E-state index >= 15 is 0 Å². The third-order valence-corrected chi connectivity index (χ3v) is 5.61. The molecule has 30 heavy (non-hydrogen) atoms. The van der Waals surface area contributed by atoms with Crippen molar-refractivity contribution in [3.05, 3.63) is 65.4 Å². The van der Waals surface area contributed by atoms with Gasteiger partial charge in [0.1, 0.15) is 11.6 Å². The first kappa shape index (κ1) is 21.8. The van der Waals surface area contributed by atoms with Gasteiger partial charge in [-0.2, -0.15) is 0 Å². The van der Waals surface area contributed by atoms with Gasteiger partial charge in [0.2, 0.25) is 5.91 Å². The number of thioether (sulfide) groups is 1. The molecule has 3 aromatic rings. The maximum Gasteiger partial charge on any atom is 0.217 e. The first-order chi connectivity index (χ1) is 14.3. The van der Waals surface area contributed by atoms with Crippen molar-refractivity contribution in [3.63, 3.8) is 0 Å². The molecule has 0 saturated heterocycles. The SMILES string of the molecule is CC(=O)NC(C)c1ccc(C(=O)CSc2nnc(C(C)C)n2Cc2ccco2)cc1. The summed E-state index contributed by atoms with van der Waals surface area (Å²) in [5.41, 5.74) is 1.58. The Kier molecular flexibility index (Phi) is 7.10. The second-order valence-electron chi connectivity index (χ2n) is 7.42. The molecule has 0 radical (unpaired) electrons. The maximum absolute atomic E-state index is 12.7. The summed E-state index contributed by atoms with van der Waals surface area (Å²) in [7, 11) is 0. The van der Waals surface area contributed by atoms with E-state index in [1.807, 2.05) is 35.8 Å². The molecule has 0 bridgehead atoms. The summed E-state index contributed by atoms with van der Waals surface area (Å²) < 4.78 is 7.47. The molecule has 0 saturated carbocycles. The Balaban J connectivity index is 1.68. The van der Waals surface area contributed by atoms with Crippen LogP contribution >= 0.6 is 11.8 Å². The molecule has 2 aromatic heterocycles. The molecule has 2 heterocycles. The van der Waals surface area contributed by atoms with Gasteiger partial charge in [-0.25, -0.2) is 0 Å². The summed E-state index contributed by atoms with van der Waals surface area (Å²) in [5.74, 6) is 2.06. The van der Waals surface area contributed by atoms with Crippen molar-refractivity contribution in [3.8, 4) is 0 Å². The molecular formula is C22H26N4O3S. The predicted molar refractivity (Wildman–Crippen MR) is 116 cm³/mol. The number of ketones is 1. The molecule has 1 N–H and O–H groups in total. The zero-order valence-electron chi connectivity index (χ0n) is 17.6. The highest BCUT2D eigenvalue weighted by molar-refractivity contribution is 7.99. The number of furan rings is 1. The van der Waals surface area contributed by atoms with Gasteiger partial charge < -0.3 is 9.73 Å². The molecule has 0 spiro atoms. The number of Topliss-reactive ketones (excluding diaryl/α,β-unsaturated/α-hetero) is 1. The molecule has 0 aliphatic rings. The number of rotatable bonds is 9. The number of aromatic nitrogens is 3. The lowest BCUT2D eigenvalue weighted by atomic mass is 10.0. The van der Waals surface area contributed by atoms with Gasteiger partial charge in [-0.05, 0) is 24.6 Å². The molecule has 0 aliphatic carbocycles. The minimum absolute atomic E-state index is 0.0115. The minimum Gasteiger partial charge on any atom is -0.467 e. The van der Waals surface area contributed by atoms with Crippen LogP contribution in [0.15, 0.2) is 52.2 Å². The number of carbonyl (C=O) groups is 2. The normalized spacial score (nSPS) is 12.2. The Morgan fingerprint density at radius 3 is 2.47 bits per heavy atom. The molecule has 3 rings (SSSR count). The van der Waals surface area contributed by atoms with Crippen molar-refractivity contribution in [1.29, 1.82) is 0 Å². The maximum atomic E-state index is 12.7. The van der Waals surface area contributed by atoms with Gasteiger partial charge in [0.15, 0.2) is 10.9 Å². The largest absolute Gasteiger partial charge is 0.467 e. The molecule has 0 fully saturated rings. The molecule has 158 valence electrons. The molecular weight excluding hydrogens is 400 g/mol. The van der Waals surface area contributed by atoms with Crippen LogP contribution in [0.3, 0.4) is 0 Å². The first-order valence-corrected chi connectivity index (χ1v) is 10.8. The fraction of sp³-hybridized carbons (Fsp3) is 0.364. The summed E-state index contributed by atoms with van der Waals surface area (Å²) in [6, 6.07) is 11.0. The van der Waals surface area contributed by atoms with Crippen molar-refractivity contribution < 1.29 is 14.0 Å². The quantitative estimate of drug-likeness (QED) is 0.407. The van der Waals surface area contributed by atoms with Crippen molar-refractivity contribution in [2.24, 2.45) is 0 Å². The molecule has 1 unspecified atom stereocenters. The Labute approximate surface area is 180 Å². The van der Waals surface area contributed by atoms with Gasteiger partial charge in [-0.1, -0.05) is 49.9 Å². The lowest BCUT2D eigenvalue weighted by Crippen LogP contribution is -2.23. The van der Waals surface area contributed by atoms with Crippen LogP contribution in [-0.2, 0) is 11.3 Å². The fourth-order valence-corrected chi connectivity index (χ4v) is 3.94. The van der Waals surface area contributed by atoms with Crippen LogP contribution in [0.1, 0.15) is 67.2 Å². The Hall–Kier alpha value is -2.87. The van der Waals surface area contributed by atoms with E-state index in [0.29, 0.717) is 17.3 Å². The van der Waals surface area contributed by atoms with Gasteiger partial charge in [0.25, 0.3) is 0 Å².